The zero-order valence-electron chi connectivity index (χ0n) is 8.37. The third kappa shape index (κ3) is 2.07. The van der Waals surface area contributed by atoms with Crippen LogP contribution in [0.2, 0.25) is 0 Å². The average Bonchev–Trinajstić information content (AvgIpc) is 2.12. The van der Waals surface area contributed by atoms with Gasteiger partial charge in [-0.2, -0.15) is 0 Å². The number of aromatic hydroxyl groups is 1. The summed E-state index contributed by atoms with van der Waals surface area (Å²) < 4.78 is 0. The van der Waals surface area contributed by atoms with Crippen LogP contribution in [0.4, 0.5) is 0 Å². The summed E-state index contributed by atoms with van der Waals surface area (Å²) in [6.07, 6.45) is 5.61. The van der Waals surface area contributed by atoms with E-state index in [-0.39, 0.29) is 5.54 Å². The summed E-state index contributed by atoms with van der Waals surface area (Å²) in [5.74, 6) is 0.349. The van der Waals surface area contributed by atoms with Gasteiger partial charge in [-0.25, -0.2) is 0 Å². The fraction of sp³-hybridized carbons (Fsp3) is 0.500. The lowest BCUT2D eigenvalue weighted by Crippen LogP contribution is -2.46. The highest BCUT2D eigenvalue weighted by molar-refractivity contribution is 5.27. The highest BCUT2D eigenvalue weighted by Gasteiger charge is 2.31. The van der Waals surface area contributed by atoms with Crippen LogP contribution in [0.5, 0.6) is 5.75 Å². The van der Waals surface area contributed by atoms with Crippen LogP contribution in [0.15, 0.2) is 24.3 Å². The fourth-order valence-electron chi connectivity index (χ4n) is 1.99. The molecule has 1 aliphatic rings. The van der Waals surface area contributed by atoms with Crippen LogP contribution in [0.3, 0.4) is 0 Å². The summed E-state index contributed by atoms with van der Waals surface area (Å²) >= 11 is 0. The van der Waals surface area contributed by atoms with E-state index in [9.17, 15) is 5.11 Å². The quantitative estimate of drug-likeness (QED) is 0.769. The van der Waals surface area contributed by atoms with E-state index in [0.29, 0.717) is 5.75 Å². The van der Waals surface area contributed by atoms with Crippen molar-refractivity contribution in [3.05, 3.63) is 29.8 Å². The van der Waals surface area contributed by atoms with Gasteiger partial charge in [-0.05, 0) is 49.8 Å². The van der Waals surface area contributed by atoms with Crippen molar-refractivity contribution in [3.8, 4) is 5.75 Å². The number of hydrogen-bond donors (Lipinski definition) is 2. The topological polar surface area (TPSA) is 46.2 Å². The Morgan fingerprint density at radius 2 is 2.14 bits per heavy atom. The Hall–Kier alpha value is -1.02. The first-order valence-electron chi connectivity index (χ1n) is 5.25. The number of phenols is 1. The lowest BCUT2D eigenvalue weighted by molar-refractivity contribution is 0.232. The molecule has 3 N–H and O–H groups in total. The average molecular weight is 191 g/mol. The van der Waals surface area contributed by atoms with Crippen molar-refractivity contribution < 1.29 is 5.11 Å². The minimum Gasteiger partial charge on any atom is -0.508 e. The Balaban J connectivity index is 1.91. The van der Waals surface area contributed by atoms with Crippen LogP contribution >= 0.6 is 0 Å². The van der Waals surface area contributed by atoms with Crippen molar-refractivity contribution in [2.24, 2.45) is 5.73 Å². The van der Waals surface area contributed by atoms with Gasteiger partial charge < -0.3 is 10.8 Å². The molecule has 0 atom stereocenters. The van der Waals surface area contributed by atoms with Crippen molar-refractivity contribution in [1.82, 2.24) is 0 Å². The number of rotatable bonds is 3. The first kappa shape index (κ1) is 9.53. The molecule has 0 amide bonds. The minimum absolute atomic E-state index is 0.0888. The normalized spacial score (nSPS) is 18.9. The molecular formula is C12H17NO. The monoisotopic (exact) mass is 191 g/mol. The molecule has 0 aliphatic heterocycles. The van der Waals surface area contributed by atoms with Crippen molar-refractivity contribution in [1.29, 1.82) is 0 Å². The largest absolute Gasteiger partial charge is 0.508 e. The van der Waals surface area contributed by atoms with Crippen molar-refractivity contribution in [2.45, 2.75) is 37.6 Å². The zero-order valence-corrected chi connectivity index (χ0v) is 8.37. The standard InChI is InChI=1S/C12H17NO/c13-12(6-2-7-12)8-5-10-3-1-4-11(14)9-10/h1,3-4,9,14H,2,5-8,13H2. The molecule has 0 radical (unpaired) electrons. The van der Waals surface area contributed by atoms with Crippen LogP contribution in [0.25, 0.3) is 0 Å². The van der Waals surface area contributed by atoms with Crippen LogP contribution < -0.4 is 5.73 Å². The Bertz CT molecular complexity index is 318. The minimum atomic E-state index is 0.0888. The summed E-state index contributed by atoms with van der Waals surface area (Å²) in [5.41, 5.74) is 7.40. The van der Waals surface area contributed by atoms with Gasteiger partial charge in [-0.3, -0.25) is 0 Å². The molecule has 1 aliphatic carbocycles. The maximum atomic E-state index is 9.28. The maximum Gasteiger partial charge on any atom is 0.115 e. The zero-order chi connectivity index (χ0) is 10.0. The predicted octanol–water partition coefficient (Wildman–Crippen LogP) is 2.21. The van der Waals surface area contributed by atoms with Gasteiger partial charge in [0.1, 0.15) is 5.75 Å². The lowest BCUT2D eigenvalue weighted by atomic mass is 9.74. The summed E-state index contributed by atoms with van der Waals surface area (Å²) in [4.78, 5) is 0. The lowest BCUT2D eigenvalue weighted by Gasteiger charge is -2.38. The summed E-state index contributed by atoms with van der Waals surface area (Å²) in [6.45, 7) is 0. The first-order valence-corrected chi connectivity index (χ1v) is 5.25. The summed E-state index contributed by atoms with van der Waals surface area (Å²) in [6, 6.07) is 7.45. The molecule has 76 valence electrons. The van der Waals surface area contributed by atoms with E-state index in [2.05, 4.69) is 0 Å². The first-order chi connectivity index (χ1) is 6.68. The summed E-state index contributed by atoms with van der Waals surface area (Å²) in [7, 11) is 0. The Morgan fingerprint density at radius 3 is 2.71 bits per heavy atom. The number of phenolic OH excluding ortho intramolecular Hbond substituents is 1. The Kier molecular flexibility index (Phi) is 2.46. The van der Waals surface area contributed by atoms with Crippen molar-refractivity contribution in [3.63, 3.8) is 0 Å². The molecule has 2 nitrogen and oxygen atoms in total. The molecule has 0 unspecified atom stereocenters. The highest BCUT2D eigenvalue weighted by atomic mass is 16.3. The van der Waals surface area contributed by atoms with Gasteiger partial charge in [0.25, 0.3) is 0 Å². The molecule has 1 saturated carbocycles. The second-order valence-corrected chi connectivity index (χ2v) is 4.39. The third-order valence-corrected chi connectivity index (χ3v) is 3.17. The van der Waals surface area contributed by atoms with Gasteiger partial charge in [-0.1, -0.05) is 12.1 Å². The maximum absolute atomic E-state index is 9.28. The van der Waals surface area contributed by atoms with Crippen LogP contribution in [0.1, 0.15) is 31.2 Å². The van der Waals surface area contributed by atoms with Gasteiger partial charge in [0, 0.05) is 5.54 Å². The second-order valence-electron chi connectivity index (χ2n) is 4.39. The molecule has 1 fully saturated rings. The van der Waals surface area contributed by atoms with Gasteiger partial charge in [0.05, 0.1) is 0 Å². The smallest absolute Gasteiger partial charge is 0.115 e. The van der Waals surface area contributed by atoms with Crippen molar-refractivity contribution >= 4 is 0 Å². The number of aryl methyl sites for hydroxylation is 1. The molecule has 0 spiro atoms. The molecule has 14 heavy (non-hydrogen) atoms. The van der Waals surface area contributed by atoms with Gasteiger partial charge in [0.15, 0.2) is 0 Å². The fourth-order valence-corrected chi connectivity index (χ4v) is 1.99. The van der Waals surface area contributed by atoms with E-state index in [1.54, 1.807) is 6.07 Å². The van der Waals surface area contributed by atoms with Crippen LogP contribution in [0, 0.1) is 0 Å². The van der Waals surface area contributed by atoms with Crippen LogP contribution in [-0.4, -0.2) is 10.6 Å². The molecule has 1 aromatic carbocycles. The molecule has 1 aromatic rings. The number of benzene rings is 1. The summed E-state index contributed by atoms with van der Waals surface area (Å²) in [5, 5.41) is 9.28. The number of hydrogen-bond acceptors (Lipinski definition) is 2. The van der Waals surface area contributed by atoms with E-state index in [1.165, 1.54) is 12.0 Å². The molecule has 2 heteroatoms. The molecule has 0 aromatic heterocycles. The van der Waals surface area contributed by atoms with E-state index < -0.39 is 0 Å². The van der Waals surface area contributed by atoms with Gasteiger partial charge in [-0.15, -0.1) is 0 Å². The third-order valence-electron chi connectivity index (χ3n) is 3.17. The Morgan fingerprint density at radius 1 is 1.36 bits per heavy atom. The molecular weight excluding hydrogens is 174 g/mol. The molecule has 0 heterocycles. The van der Waals surface area contributed by atoms with E-state index in [4.69, 9.17) is 5.73 Å². The SMILES string of the molecule is NC1(CCc2cccc(O)c2)CCC1. The molecule has 2 rings (SSSR count). The van der Waals surface area contributed by atoms with E-state index in [1.807, 2.05) is 18.2 Å². The van der Waals surface area contributed by atoms with Gasteiger partial charge >= 0.3 is 0 Å². The highest BCUT2D eigenvalue weighted by Crippen LogP contribution is 2.33. The Labute approximate surface area is 84.7 Å². The number of nitrogens with two attached hydrogens (primary N) is 1. The van der Waals surface area contributed by atoms with E-state index in [0.717, 1.165) is 25.7 Å². The molecule has 0 saturated heterocycles. The predicted molar refractivity (Wildman–Crippen MR) is 57.2 cm³/mol. The van der Waals surface area contributed by atoms with Crippen LogP contribution in [-0.2, 0) is 6.42 Å². The van der Waals surface area contributed by atoms with Crippen molar-refractivity contribution in [2.75, 3.05) is 0 Å². The second kappa shape index (κ2) is 3.62. The molecule has 0 bridgehead atoms. The van der Waals surface area contributed by atoms with Gasteiger partial charge in [0.2, 0.25) is 0 Å². The van der Waals surface area contributed by atoms with E-state index >= 15 is 0 Å².